The first kappa shape index (κ1) is 17.3. The Morgan fingerprint density at radius 1 is 1.18 bits per heavy atom. The minimum Gasteiger partial charge on any atom is -0.497 e. The molecule has 0 aliphatic heterocycles. The molecule has 9 nitrogen and oxygen atoms in total. The van der Waals surface area contributed by atoms with Crippen LogP contribution in [0.15, 0.2) is 71.6 Å². The second kappa shape index (κ2) is 7.23. The highest BCUT2D eigenvalue weighted by Gasteiger charge is 2.22. The average Bonchev–Trinajstić information content (AvgIpc) is 3.42. The van der Waals surface area contributed by atoms with Crippen molar-refractivity contribution < 1.29 is 19.1 Å². The summed E-state index contributed by atoms with van der Waals surface area (Å²) in [7, 11) is 1.54. The smallest absolute Gasteiger partial charge is 0.417 e. The number of hydrogen-bond donors (Lipinski definition) is 1. The molecule has 140 valence electrons. The maximum atomic E-state index is 12.0. The molecule has 0 bridgehead atoms. The van der Waals surface area contributed by atoms with Crippen LogP contribution in [0.3, 0.4) is 0 Å². The third kappa shape index (κ3) is 3.28. The first-order chi connectivity index (χ1) is 13.7. The fourth-order valence-electron chi connectivity index (χ4n) is 2.65. The van der Waals surface area contributed by atoms with Crippen LogP contribution in [-0.2, 0) is 0 Å². The summed E-state index contributed by atoms with van der Waals surface area (Å²) in [6.45, 7) is 0. The molecule has 0 atom stereocenters. The van der Waals surface area contributed by atoms with Crippen molar-refractivity contribution in [2.75, 3.05) is 12.0 Å². The number of methoxy groups -OCH3 is 1. The summed E-state index contributed by atoms with van der Waals surface area (Å²) in [5, 5.41) is 14.0. The van der Waals surface area contributed by atoms with Crippen LogP contribution >= 0.6 is 0 Å². The maximum absolute atomic E-state index is 12.0. The SMILES string of the molecule is COc1ccc(N(C(=O)O)c2cc(-n3cccn3)nc(-c3ccco3)n2)cc1. The van der Waals surface area contributed by atoms with E-state index in [1.54, 1.807) is 62.0 Å². The van der Waals surface area contributed by atoms with Crippen LogP contribution < -0.4 is 9.64 Å². The predicted octanol–water partition coefficient (Wildman–Crippen LogP) is 3.75. The lowest BCUT2D eigenvalue weighted by Gasteiger charge is -2.19. The molecule has 0 unspecified atom stereocenters. The lowest BCUT2D eigenvalue weighted by molar-refractivity contribution is 0.204. The van der Waals surface area contributed by atoms with Crippen molar-refractivity contribution >= 4 is 17.6 Å². The summed E-state index contributed by atoms with van der Waals surface area (Å²) in [4.78, 5) is 21.9. The Labute approximate surface area is 159 Å². The first-order valence-corrected chi connectivity index (χ1v) is 8.26. The van der Waals surface area contributed by atoms with Crippen molar-refractivity contribution in [3.63, 3.8) is 0 Å². The second-order valence-electron chi connectivity index (χ2n) is 5.65. The van der Waals surface area contributed by atoms with Crippen molar-refractivity contribution in [2.24, 2.45) is 0 Å². The molecule has 0 saturated heterocycles. The van der Waals surface area contributed by atoms with Crippen molar-refractivity contribution in [1.82, 2.24) is 19.7 Å². The average molecular weight is 377 g/mol. The van der Waals surface area contributed by atoms with Gasteiger partial charge in [0.25, 0.3) is 0 Å². The summed E-state index contributed by atoms with van der Waals surface area (Å²) in [5.74, 6) is 1.83. The van der Waals surface area contributed by atoms with Crippen LogP contribution in [0.2, 0.25) is 0 Å². The fourth-order valence-corrected chi connectivity index (χ4v) is 2.65. The van der Waals surface area contributed by atoms with Crippen molar-refractivity contribution in [1.29, 1.82) is 0 Å². The molecule has 9 heteroatoms. The number of ether oxygens (including phenoxy) is 1. The molecule has 1 amide bonds. The Balaban J connectivity index is 1.86. The van der Waals surface area contributed by atoms with E-state index in [9.17, 15) is 9.90 Å². The number of amides is 1. The number of hydrogen-bond acceptors (Lipinski definition) is 6. The van der Waals surface area contributed by atoms with Crippen molar-refractivity contribution in [2.45, 2.75) is 0 Å². The number of furan rings is 1. The molecule has 0 spiro atoms. The van der Waals surface area contributed by atoms with Crippen LogP contribution in [0, 0.1) is 0 Å². The van der Waals surface area contributed by atoms with Gasteiger partial charge in [0.2, 0.25) is 0 Å². The van der Waals surface area contributed by atoms with Gasteiger partial charge in [0.05, 0.1) is 19.1 Å². The van der Waals surface area contributed by atoms with Crippen molar-refractivity contribution in [3.8, 4) is 23.2 Å². The van der Waals surface area contributed by atoms with Gasteiger partial charge in [-0.25, -0.2) is 24.3 Å². The highest BCUT2D eigenvalue weighted by molar-refractivity contribution is 5.94. The molecular weight excluding hydrogens is 362 g/mol. The van der Waals surface area contributed by atoms with Crippen LogP contribution in [0.25, 0.3) is 17.4 Å². The summed E-state index contributed by atoms with van der Waals surface area (Å²) in [5.41, 5.74) is 0.406. The third-order valence-electron chi connectivity index (χ3n) is 3.93. The Morgan fingerprint density at radius 3 is 2.61 bits per heavy atom. The van der Waals surface area contributed by atoms with E-state index >= 15 is 0 Å². The van der Waals surface area contributed by atoms with Gasteiger partial charge in [-0.15, -0.1) is 0 Å². The van der Waals surface area contributed by atoms with Crippen LogP contribution in [0.5, 0.6) is 5.75 Å². The van der Waals surface area contributed by atoms with E-state index in [0.29, 0.717) is 23.0 Å². The molecule has 1 aromatic carbocycles. The maximum Gasteiger partial charge on any atom is 0.417 e. The van der Waals surface area contributed by atoms with E-state index in [4.69, 9.17) is 9.15 Å². The Kier molecular flexibility index (Phi) is 4.47. The first-order valence-electron chi connectivity index (χ1n) is 8.26. The van der Waals surface area contributed by atoms with Gasteiger partial charge in [-0.1, -0.05) is 0 Å². The number of rotatable bonds is 5. The van der Waals surface area contributed by atoms with E-state index in [0.717, 1.165) is 4.90 Å². The van der Waals surface area contributed by atoms with Gasteiger partial charge in [0.15, 0.2) is 17.4 Å². The predicted molar refractivity (Wildman–Crippen MR) is 100 cm³/mol. The summed E-state index contributed by atoms with van der Waals surface area (Å²) in [6.07, 6.45) is 3.61. The van der Waals surface area contributed by atoms with E-state index in [1.807, 2.05) is 0 Å². The molecule has 3 heterocycles. The Bertz CT molecular complexity index is 1020. The molecule has 4 aromatic rings. The quantitative estimate of drug-likeness (QED) is 0.564. The summed E-state index contributed by atoms with van der Waals surface area (Å²) < 4.78 is 12.0. The minimum absolute atomic E-state index is 0.157. The summed E-state index contributed by atoms with van der Waals surface area (Å²) in [6, 6.07) is 13.3. The number of nitrogens with zero attached hydrogens (tertiary/aromatic N) is 5. The lowest BCUT2D eigenvalue weighted by atomic mass is 10.2. The zero-order valence-corrected chi connectivity index (χ0v) is 14.8. The molecule has 0 fully saturated rings. The number of aromatic nitrogens is 4. The molecule has 1 N–H and O–H groups in total. The second-order valence-corrected chi connectivity index (χ2v) is 5.65. The molecular formula is C19H15N5O4. The van der Waals surface area contributed by atoms with Gasteiger partial charge in [-0.05, 0) is 42.5 Å². The summed E-state index contributed by atoms with van der Waals surface area (Å²) >= 11 is 0. The van der Waals surface area contributed by atoms with Crippen LogP contribution in [0.1, 0.15) is 0 Å². The molecule has 0 saturated carbocycles. The van der Waals surface area contributed by atoms with Gasteiger partial charge < -0.3 is 14.3 Å². The topological polar surface area (TPSA) is 107 Å². The lowest BCUT2D eigenvalue weighted by Crippen LogP contribution is -2.25. The van der Waals surface area contributed by atoms with E-state index in [2.05, 4.69) is 15.1 Å². The van der Waals surface area contributed by atoms with Gasteiger partial charge in [0.1, 0.15) is 11.6 Å². The van der Waals surface area contributed by atoms with E-state index in [1.165, 1.54) is 17.0 Å². The van der Waals surface area contributed by atoms with Crippen LogP contribution in [0.4, 0.5) is 16.3 Å². The molecule has 0 radical (unpaired) electrons. The molecule has 28 heavy (non-hydrogen) atoms. The molecule has 0 aliphatic rings. The minimum atomic E-state index is -1.19. The van der Waals surface area contributed by atoms with Gasteiger partial charge in [-0.3, -0.25) is 0 Å². The van der Waals surface area contributed by atoms with Gasteiger partial charge >= 0.3 is 6.09 Å². The Morgan fingerprint density at radius 2 is 2.00 bits per heavy atom. The zero-order valence-electron chi connectivity index (χ0n) is 14.8. The van der Waals surface area contributed by atoms with E-state index in [-0.39, 0.29) is 11.6 Å². The largest absolute Gasteiger partial charge is 0.497 e. The van der Waals surface area contributed by atoms with Gasteiger partial charge in [0, 0.05) is 18.5 Å². The molecule has 3 aromatic heterocycles. The monoisotopic (exact) mass is 377 g/mol. The number of anilines is 2. The highest BCUT2D eigenvalue weighted by Crippen LogP contribution is 2.29. The molecule has 4 rings (SSSR count). The normalized spacial score (nSPS) is 10.6. The van der Waals surface area contributed by atoms with E-state index < -0.39 is 6.09 Å². The number of benzene rings is 1. The molecule has 0 aliphatic carbocycles. The van der Waals surface area contributed by atoms with Crippen LogP contribution in [-0.4, -0.2) is 38.1 Å². The fraction of sp³-hybridized carbons (Fsp3) is 0.0526. The number of carbonyl (C=O) groups is 1. The van der Waals surface area contributed by atoms with Crippen molar-refractivity contribution in [3.05, 3.63) is 67.2 Å². The third-order valence-corrected chi connectivity index (χ3v) is 3.93. The number of carboxylic acid groups (broad SMARTS) is 1. The van der Waals surface area contributed by atoms with Gasteiger partial charge in [-0.2, -0.15) is 5.10 Å². The highest BCUT2D eigenvalue weighted by atomic mass is 16.5. The zero-order chi connectivity index (χ0) is 19.5. The standard InChI is InChI=1S/C19H15N5O4/c1-27-14-7-5-13(6-8-14)24(19(25)26)17-12-16(23-10-3-9-20-23)21-18(22-17)15-4-2-11-28-15/h2-12H,1H3,(H,25,26). The Hall–Kier alpha value is -4.14.